The Morgan fingerprint density at radius 1 is 1.43 bits per heavy atom. The van der Waals surface area contributed by atoms with Crippen LogP contribution in [0.5, 0.6) is 0 Å². The van der Waals surface area contributed by atoms with Crippen molar-refractivity contribution in [2.75, 3.05) is 7.05 Å². The first-order chi connectivity index (χ1) is 10.1. The molecule has 5 nitrogen and oxygen atoms in total. The first kappa shape index (κ1) is 15.0. The van der Waals surface area contributed by atoms with Crippen LogP contribution in [0.25, 0.3) is 16.7 Å². The number of halogens is 1. The van der Waals surface area contributed by atoms with Crippen LogP contribution in [0, 0.1) is 0 Å². The number of amidine groups is 1. The number of carbonyl (C=O) groups excluding carboxylic acids is 1. The van der Waals surface area contributed by atoms with Crippen LogP contribution < -0.4 is 5.32 Å². The van der Waals surface area contributed by atoms with Crippen molar-refractivity contribution in [3.8, 4) is 0 Å². The number of nitrogens with zero attached hydrogens (tertiary/aromatic N) is 3. The third-order valence-electron chi connectivity index (χ3n) is 3.03. The van der Waals surface area contributed by atoms with Crippen LogP contribution in [0.2, 0.25) is 0 Å². The minimum absolute atomic E-state index is 0.0439. The van der Waals surface area contributed by atoms with Gasteiger partial charge in [0.05, 0.1) is 11.1 Å². The average molecular weight is 303 g/mol. The molecule has 0 saturated heterocycles. The van der Waals surface area contributed by atoms with Crippen LogP contribution in [0.4, 0.5) is 0 Å². The second kappa shape index (κ2) is 6.37. The Balaban J connectivity index is 2.70. The molecule has 0 aliphatic rings. The van der Waals surface area contributed by atoms with Gasteiger partial charge >= 0.3 is 0 Å². The van der Waals surface area contributed by atoms with Crippen LogP contribution in [0.1, 0.15) is 17.3 Å². The first-order valence-corrected chi connectivity index (χ1v) is 6.70. The molecule has 2 rings (SSSR count). The van der Waals surface area contributed by atoms with E-state index in [1.54, 1.807) is 23.9 Å². The van der Waals surface area contributed by atoms with Crippen molar-refractivity contribution < 1.29 is 4.79 Å². The van der Waals surface area contributed by atoms with E-state index in [1.807, 2.05) is 31.2 Å². The lowest BCUT2D eigenvalue weighted by Crippen LogP contribution is -2.17. The van der Waals surface area contributed by atoms with Gasteiger partial charge in [0.1, 0.15) is 5.82 Å². The number of allylic oxidation sites excluding steroid dienone is 1. The predicted molar refractivity (Wildman–Crippen MR) is 88.1 cm³/mol. The molecule has 2 aromatic rings. The van der Waals surface area contributed by atoms with Crippen molar-refractivity contribution in [2.24, 2.45) is 9.98 Å². The standard InChI is InChI=1S/C15H15ClN4O/c1-4-13(19-15(16)18-3)20-9-11(14(21)17-2)10-7-5-6-8-12(10)20/h4-9H,3H2,1-2H3,(H,17,21)/b13-4+,19-15-. The number of benzene rings is 1. The van der Waals surface area contributed by atoms with Gasteiger partial charge in [-0.25, -0.2) is 9.98 Å². The number of para-hydroxylation sites is 1. The summed E-state index contributed by atoms with van der Waals surface area (Å²) in [7, 11) is 1.60. The lowest BCUT2D eigenvalue weighted by molar-refractivity contribution is 0.0964. The van der Waals surface area contributed by atoms with E-state index in [9.17, 15) is 4.79 Å². The second-order valence-electron chi connectivity index (χ2n) is 4.19. The SMILES string of the molecule is C=N/C(Cl)=N\C(=C/C)n1cc(C(=O)NC)c2ccccc21. The van der Waals surface area contributed by atoms with Crippen molar-refractivity contribution in [3.63, 3.8) is 0 Å². The first-order valence-electron chi connectivity index (χ1n) is 6.32. The number of rotatable bonds is 3. The van der Waals surface area contributed by atoms with Crippen LogP contribution in [0.3, 0.4) is 0 Å². The Bertz CT molecular complexity index is 758. The van der Waals surface area contributed by atoms with E-state index in [0.717, 1.165) is 10.9 Å². The normalized spacial score (nSPS) is 12.5. The second-order valence-corrected chi connectivity index (χ2v) is 4.53. The van der Waals surface area contributed by atoms with Crippen LogP contribution in [-0.4, -0.2) is 29.5 Å². The van der Waals surface area contributed by atoms with Gasteiger partial charge in [-0.1, -0.05) is 18.2 Å². The third-order valence-corrected chi connectivity index (χ3v) is 3.23. The summed E-state index contributed by atoms with van der Waals surface area (Å²) in [5.74, 6) is 0.413. The van der Waals surface area contributed by atoms with Crippen LogP contribution in [0.15, 0.2) is 46.5 Å². The number of fused-ring (bicyclic) bond motifs is 1. The monoisotopic (exact) mass is 302 g/mol. The fourth-order valence-corrected chi connectivity index (χ4v) is 2.16. The van der Waals surface area contributed by atoms with Gasteiger partial charge < -0.3 is 9.88 Å². The molecular formula is C15H15ClN4O. The fraction of sp³-hybridized carbons (Fsp3) is 0.133. The number of aromatic nitrogens is 1. The molecule has 0 bridgehead atoms. The summed E-state index contributed by atoms with van der Waals surface area (Å²) in [6, 6.07) is 7.59. The van der Waals surface area contributed by atoms with Gasteiger partial charge in [0.2, 0.25) is 5.29 Å². The molecule has 0 fully saturated rings. The predicted octanol–water partition coefficient (Wildman–Crippen LogP) is 3.11. The molecule has 1 N–H and O–H groups in total. The van der Waals surface area contributed by atoms with Gasteiger partial charge in [-0.05, 0) is 37.4 Å². The van der Waals surface area contributed by atoms with E-state index < -0.39 is 0 Å². The highest BCUT2D eigenvalue weighted by Gasteiger charge is 2.15. The molecule has 0 unspecified atom stereocenters. The van der Waals surface area contributed by atoms with Crippen molar-refractivity contribution in [1.29, 1.82) is 0 Å². The summed E-state index contributed by atoms with van der Waals surface area (Å²) in [6.07, 6.45) is 3.52. The number of amides is 1. The number of hydrogen-bond acceptors (Lipinski definition) is 2. The van der Waals surface area contributed by atoms with E-state index in [1.165, 1.54) is 0 Å². The molecule has 1 aromatic carbocycles. The van der Waals surface area contributed by atoms with Gasteiger partial charge in [-0.2, -0.15) is 0 Å². The molecule has 0 aliphatic heterocycles. The van der Waals surface area contributed by atoms with Crippen molar-refractivity contribution in [3.05, 3.63) is 42.1 Å². The molecule has 0 radical (unpaired) electrons. The number of aliphatic imine (C=N–C) groups is 2. The van der Waals surface area contributed by atoms with Gasteiger partial charge in [0, 0.05) is 18.6 Å². The lowest BCUT2D eigenvalue weighted by atomic mass is 10.2. The lowest BCUT2D eigenvalue weighted by Gasteiger charge is -2.05. The van der Waals surface area contributed by atoms with E-state index in [-0.39, 0.29) is 11.2 Å². The molecule has 6 heteroatoms. The molecule has 1 amide bonds. The molecule has 108 valence electrons. The van der Waals surface area contributed by atoms with Crippen LogP contribution >= 0.6 is 11.6 Å². The van der Waals surface area contributed by atoms with Crippen molar-refractivity contribution in [1.82, 2.24) is 9.88 Å². The quantitative estimate of drug-likeness (QED) is 0.528. The van der Waals surface area contributed by atoms with Gasteiger partial charge in [0.25, 0.3) is 5.91 Å². The summed E-state index contributed by atoms with van der Waals surface area (Å²) in [4.78, 5) is 19.7. The largest absolute Gasteiger partial charge is 0.355 e. The maximum atomic E-state index is 12.0. The molecule has 0 saturated carbocycles. The van der Waals surface area contributed by atoms with E-state index >= 15 is 0 Å². The minimum Gasteiger partial charge on any atom is -0.355 e. The highest BCUT2D eigenvalue weighted by Crippen LogP contribution is 2.25. The molecule has 0 aliphatic carbocycles. The maximum absolute atomic E-state index is 12.0. The van der Waals surface area contributed by atoms with Crippen molar-refractivity contribution in [2.45, 2.75) is 6.92 Å². The van der Waals surface area contributed by atoms with E-state index in [4.69, 9.17) is 11.6 Å². The highest BCUT2D eigenvalue weighted by molar-refractivity contribution is 6.65. The summed E-state index contributed by atoms with van der Waals surface area (Å²) < 4.78 is 1.80. The Morgan fingerprint density at radius 3 is 2.76 bits per heavy atom. The molecule has 0 atom stereocenters. The van der Waals surface area contributed by atoms with Crippen molar-refractivity contribution >= 4 is 46.2 Å². The highest BCUT2D eigenvalue weighted by atomic mass is 35.5. The maximum Gasteiger partial charge on any atom is 0.253 e. The summed E-state index contributed by atoms with van der Waals surface area (Å²) in [5, 5.41) is 3.52. The third kappa shape index (κ3) is 2.87. The zero-order valence-corrected chi connectivity index (χ0v) is 12.6. The Kier molecular flexibility index (Phi) is 4.55. The van der Waals surface area contributed by atoms with Gasteiger partial charge in [0.15, 0.2) is 0 Å². The Morgan fingerprint density at radius 2 is 2.14 bits per heavy atom. The number of hydrogen-bond donors (Lipinski definition) is 1. The average Bonchev–Trinajstić information content (AvgIpc) is 2.91. The molecule has 1 aromatic heterocycles. The molecule has 0 spiro atoms. The van der Waals surface area contributed by atoms with Crippen LogP contribution in [-0.2, 0) is 0 Å². The number of carbonyl (C=O) groups is 1. The molecule has 1 heterocycles. The summed E-state index contributed by atoms with van der Waals surface area (Å²) in [6.45, 7) is 5.17. The Hall–Kier alpha value is -2.40. The zero-order chi connectivity index (χ0) is 15.4. The molecule has 21 heavy (non-hydrogen) atoms. The van der Waals surface area contributed by atoms with E-state index in [2.05, 4.69) is 22.0 Å². The van der Waals surface area contributed by atoms with Gasteiger partial charge in [-0.15, -0.1) is 0 Å². The van der Waals surface area contributed by atoms with E-state index in [0.29, 0.717) is 11.4 Å². The Labute approximate surface area is 127 Å². The summed E-state index contributed by atoms with van der Waals surface area (Å²) >= 11 is 5.82. The zero-order valence-electron chi connectivity index (χ0n) is 11.8. The summed E-state index contributed by atoms with van der Waals surface area (Å²) in [5.41, 5.74) is 1.44. The smallest absolute Gasteiger partial charge is 0.253 e. The molecular weight excluding hydrogens is 288 g/mol. The minimum atomic E-state index is -0.155. The topological polar surface area (TPSA) is 58.8 Å². The fourth-order valence-electron chi connectivity index (χ4n) is 2.07. The van der Waals surface area contributed by atoms with Gasteiger partial charge in [-0.3, -0.25) is 4.79 Å². The number of nitrogens with one attached hydrogen (secondary N) is 1.